The van der Waals surface area contributed by atoms with Crippen molar-refractivity contribution in [3.8, 4) is 5.69 Å². The minimum atomic E-state index is -0.637. The van der Waals surface area contributed by atoms with Crippen LogP contribution in [0.2, 0.25) is 0 Å². The average molecular weight is 359 g/mol. The number of ether oxygens (including phenoxy) is 1. The number of rotatable bonds is 8. The predicted octanol–water partition coefficient (Wildman–Crippen LogP) is 2.30. The van der Waals surface area contributed by atoms with Gasteiger partial charge in [0, 0.05) is 17.8 Å². The van der Waals surface area contributed by atoms with E-state index in [1.54, 1.807) is 28.7 Å². The monoisotopic (exact) mass is 359 g/mol. The molecule has 0 saturated heterocycles. The lowest BCUT2D eigenvalue weighted by Gasteiger charge is -2.14. The Morgan fingerprint density at radius 1 is 1.36 bits per heavy atom. The van der Waals surface area contributed by atoms with Crippen LogP contribution in [-0.2, 0) is 14.3 Å². The first-order valence-corrected chi connectivity index (χ1v) is 9.19. The third-order valence-electron chi connectivity index (χ3n) is 3.46. The summed E-state index contributed by atoms with van der Waals surface area (Å²) in [6, 6.07) is 9.05. The van der Waals surface area contributed by atoms with Gasteiger partial charge in [0.25, 0.3) is 0 Å². The summed E-state index contributed by atoms with van der Waals surface area (Å²) in [6.45, 7) is 0. The zero-order valence-electron chi connectivity index (χ0n) is 14.2. The van der Waals surface area contributed by atoms with Crippen molar-refractivity contribution >= 4 is 29.7 Å². The number of para-hydroxylation sites is 1. The molecule has 2 aromatic rings. The Morgan fingerprint density at radius 3 is 2.80 bits per heavy atom. The molecule has 25 heavy (non-hydrogen) atoms. The molecule has 7 heteroatoms. The van der Waals surface area contributed by atoms with Crippen LogP contribution in [0.3, 0.4) is 0 Å². The third kappa shape index (κ3) is 5.79. The zero-order chi connectivity index (χ0) is 18.1. The Bertz CT molecular complexity index is 728. The summed E-state index contributed by atoms with van der Waals surface area (Å²) in [6.07, 6.45) is 9.01. The van der Waals surface area contributed by atoms with E-state index in [1.807, 2.05) is 42.8 Å². The van der Waals surface area contributed by atoms with E-state index < -0.39 is 12.0 Å². The molecule has 0 unspecified atom stereocenters. The molecule has 6 nitrogen and oxygen atoms in total. The third-order valence-corrected chi connectivity index (χ3v) is 4.11. The SMILES string of the molecule is COC(=O)[C@@H](CCSC)NC(=O)/C=C/c1cnn(-c2ccccc2)c1. The molecular weight excluding hydrogens is 338 g/mol. The van der Waals surface area contributed by atoms with E-state index in [1.165, 1.54) is 13.2 Å². The van der Waals surface area contributed by atoms with Gasteiger partial charge in [0.1, 0.15) is 6.04 Å². The second-order valence-electron chi connectivity index (χ2n) is 5.25. The van der Waals surface area contributed by atoms with Crippen LogP contribution in [0.1, 0.15) is 12.0 Å². The summed E-state index contributed by atoms with van der Waals surface area (Å²) >= 11 is 1.61. The number of hydrogen-bond donors (Lipinski definition) is 1. The van der Waals surface area contributed by atoms with E-state index in [4.69, 9.17) is 4.74 Å². The van der Waals surface area contributed by atoms with Crippen LogP contribution in [0.25, 0.3) is 11.8 Å². The molecule has 0 fully saturated rings. The number of benzene rings is 1. The number of carbonyl (C=O) groups excluding carboxylic acids is 2. The maximum absolute atomic E-state index is 12.0. The standard InChI is InChI=1S/C18H21N3O3S/c1-24-18(23)16(10-11-25-2)20-17(22)9-8-14-12-19-21(13-14)15-6-4-3-5-7-15/h3-9,12-13,16H,10-11H2,1-2H3,(H,20,22)/b9-8+/t16-/m1/s1. The highest BCUT2D eigenvalue weighted by molar-refractivity contribution is 7.98. The zero-order valence-corrected chi connectivity index (χ0v) is 15.0. The maximum Gasteiger partial charge on any atom is 0.328 e. The molecule has 0 radical (unpaired) electrons. The van der Waals surface area contributed by atoms with Crippen LogP contribution < -0.4 is 5.32 Å². The second kappa shape index (κ2) is 9.68. The van der Waals surface area contributed by atoms with Gasteiger partial charge in [0.2, 0.25) is 5.91 Å². The molecule has 1 heterocycles. The number of nitrogens with zero attached hydrogens (tertiary/aromatic N) is 2. The van der Waals surface area contributed by atoms with E-state index >= 15 is 0 Å². The summed E-state index contributed by atoms with van der Waals surface area (Å²) in [4.78, 5) is 23.8. The molecule has 0 bridgehead atoms. The summed E-state index contributed by atoms with van der Waals surface area (Å²) in [7, 11) is 1.31. The van der Waals surface area contributed by atoms with Crippen LogP contribution in [0.4, 0.5) is 0 Å². The summed E-state index contributed by atoms with van der Waals surface area (Å²) in [5.41, 5.74) is 1.73. The van der Waals surface area contributed by atoms with E-state index in [-0.39, 0.29) is 5.91 Å². The number of aromatic nitrogens is 2. The van der Waals surface area contributed by atoms with Crippen LogP contribution in [-0.4, -0.2) is 46.8 Å². The van der Waals surface area contributed by atoms with E-state index in [0.29, 0.717) is 6.42 Å². The predicted molar refractivity (Wildman–Crippen MR) is 99.5 cm³/mol. The number of carbonyl (C=O) groups is 2. The molecule has 0 spiro atoms. The van der Waals surface area contributed by atoms with Gasteiger partial charge < -0.3 is 10.1 Å². The summed E-state index contributed by atoms with van der Waals surface area (Å²) in [5.74, 6) is -0.0233. The van der Waals surface area contributed by atoms with Crippen LogP contribution >= 0.6 is 11.8 Å². The fourth-order valence-corrected chi connectivity index (χ4v) is 2.63. The normalized spacial score (nSPS) is 12.1. The lowest BCUT2D eigenvalue weighted by atomic mass is 10.2. The maximum atomic E-state index is 12.0. The number of hydrogen-bond acceptors (Lipinski definition) is 5. The molecule has 0 aliphatic rings. The van der Waals surface area contributed by atoms with Gasteiger partial charge >= 0.3 is 5.97 Å². The van der Waals surface area contributed by atoms with Crippen molar-refractivity contribution in [3.05, 3.63) is 54.4 Å². The Hall–Kier alpha value is -2.54. The largest absolute Gasteiger partial charge is 0.467 e. The van der Waals surface area contributed by atoms with Crippen molar-refractivity contribution in [2.75, 3.05) is 19.1 Å². The second-order valence-corrected chi connectivity index (χ2v) is 6.24. The van der Waals surface area contributed by atoms with E-state index in [2.05, 4.69) is 10.4 Å². The molecule has 0 saturated carbocycles. The van der Waals surface area contributed by atoms with Gasteiger partial charge in [-0.15, -0.1) is 0 Å². The molecular formula is C18H21N3O3S. The molecule has 1 atom stereocenters. The number of nitrogens with one attached hydrogen (secondary N) is 1. The quantitative estimate of drug-likeness (QED) is 0.578. The summed E-state index contributed by atoms with van der Waals surface area (Å²) < 4.78 is 6.45. The summed E-state index contributed by atoms with van der Waals surface area (Å²) in [5, 5.41) is 6.93. The topological polar surface area (TPSA) is 73.2 Å². The van der Waals surface area contributed by atoms with Crippen LogP contribution in [0, 0.1) is 0 Å². The molecule has 1 aromatic heterocycles. The highest BCUT2D eigenvalue weighted by atomic mass is 32.2. The Labute approximate surface area is 151 Å². The minimum absolute atomic E-state index is 0.344. The van der Waals surface area contributed by atoms with E-state index in [9.17, 15) is 9.59 Å². The number of methoxy groups -OCH3 is 1. The molecule has 1 amide bonds. The van der Waals surface area contributed by atoms with Gasteiger partial charge in [0.15, 0.2) is 0 Å². The molecule has 1 aromatic carbocycles. The average Bonchev–Trinajstić information content (AvgIpc) is 3.12. The van der Waals surface area contributed by atoms with Crippen LogP contribution in [0.5, 0.6) is 0 Å². The highest BCUT2D eigenvalue weighted by Gasteiger charge is 2.19. The highest BCUT2D eigenvalue weighted by Crippen LogP contribution is 2.09. The lowest BCUT2D eigenvalue weighted by molar-refractivity contribution is -0.144. The van der Waals surface area contributed by atoms with Gasteiger partial charge in [-0.2, -0.15) is 16.9 Å². The van der Waals surface area contributed by atoms with E-state index in [0.717, 1.165) is 17.0 Å². The minimum Gasteiger partial charge on any atom is -0.467 e. The molecule has 132 valence electrons. The molecule has 0 aliphatic carbocycles. The van der Waals surface area contributed by atoms with Crippen molar-refractivity contribution in [2.24, 2.45) is 0 Å². The first-order valence-electron chi connectivity index (χ1n) is 7.79. The first-order chi connectivity index (χ1) is 12.1. The van der Waals surface area contributed by atoms with Crippen molar-refractivity contribution in [2.45, 2.75) is 12.5 Å². The van der Waals surface area contributed by atoms with Crippen molar-refractivity contribution in [1.29, 1.82) is 0 Å². The van der Waals surface area contributed by atoms with Crippen molar-refractivity contribution in [3.63, 3.8) is 0 Å². The van der Waals surface area contributed by atoms with Gasteiger partial charge in [0.05, 0.1) is 19.0 Å². The van der Waals surface area contributed by atoms with Crippen LogP contribution in [0.15, 0.2) is 48.8 Å². The molecule has 1 N–H and O–H groups in total. The lowest BCUT2D eigenvalue weighted by Crippen LogP contribution is -2.41. The Kier molecular flexibility index (Phi) is 7.28. The number of esters is 1. The Morgan fingerprint density at radius 2 is 2.12 bits per heavy atom. The van der Waals surface area contributed by atoms with Gasteiger partial charge in [-0.1, -0.05) is 18.2 Å². The Balaban J connectivity index is 1.97. The number of amides is 1. The smallest absolute Gasteiger partial charge is 0.328 e. The first kappa shape index (κ1) is 18.8. The fourth-order valence-electron chi connectivity index (χ4n) is 2.16. The van der Waals surface area contributed by atoms with Gasteiger partial charge in [-0.25, -0.2) is 9.48 Å². The molecule has 0 aliphatic heterocycles. The fraction of sp³-hybridized carbons (Fsp3) is 0.278. The van der Waals surface area contributed by atoms with Gasteiger partial charge in [-0.05, 0) is 36.6 Å². The van der Waals surface area contributed by atoms with Crippen molar-refractivity contribution < 1.29 is 14.3 Å². The number of thioether (sulfide) groups is 1. The van der Waals surface area contributed by atoms with Gasteiger partial charge in [-0.3, -0.25) is 4.79 Å². The van der Waals surface area contributed by atoms with Crippen molar-refractivity contribution in [1.82, 2.24) is 15.1 Å². The molecule has 2 rings (SSSR count).